The van der Waals surface area contributed by atoms with Crippen LogP contribution in [0.5, 0.6) is 0 Å². The third-order valence-corrected chi connectivity index (χ3v) is 21.2. The zero-order valence-electron chi connectivity index (χ0n) is 67.2. The van der Waals surface area contributed by atoms with Crippen molar-refractivity contribution in [3.8, 4) is 0 Å². The van der Waals surface area contributed by atoms with Crippen molar-refractivity contribution in [2.75, 3.05) is 39.6 Å². The van der Waals surface area contributed by atoms with Crippen LogP contribution in [0.4, 0.5) is 0 Å². The van der Waals surface area contributed by atoms with Gasteiger partial charge >= 0.3 is 39.5 Å². The van der Waals surface area contributed by atoms with Gasteiger partial charge in [-0.05, 0) is 49.4 Å². The molecule has 0 fully saturated rings. The van der Waals surface area contributed by atoms with Crippen molar-refractivity contribution in [3.63, 3.8) is 0 Å². The van der Waals surface area contributed by atoms with Gasteiger partial charge < -0.3 is 33.8 Å². The molecule has 0 aliphatic carbocycles. The van der Waals surface area contributed by atoms with E-state index in [4.69, 9.17) is 37.0 Å². The zero-order chi connectivity index (χ0) is 75.3. The number of hydrogen-bond acceptors (Lipinski definition) is 15. The molecular formula is C83H162O17P2. The van der Waals surface area contributed by atoms with Gasteiger partial charge in [-0.25, -0.2) is 9.13 Å². The summed E-state index contributed by atoms with van der Waals surface area (Å²) in [6.07, 6.45) is 59.8. The molecule has 0 aromatic heterocycles. The largest absolute Gasteiger partial charge is 0.472 e. The fourth-order valence-corrected chi connectivity index (χ4v) is 14.4. The summed E-state index contributed by atoms with van der Waals surface area (Å²) in [6, 6.07) is 0. The highest BCUT2D eigenvalue weighted by atomic mass is 31.2. The van der Waals surface area contributed by atoms with Crippen molar-refractivity contribution in [1.82, 2.24) is 0 Å². The van der Waals surface area contributed by atoms with Gasteiger partial charge in [0.2, 0.25) is 0 Å². The summed E-state index contributed by atoms with van der Waals surface area (Å²) >= 11 is 0. The Labute approximate surface area is 626 Å². The van der Waals surface area contributed by atoms with Crippen LogP contribution in [-0.4, -0.2) is 96.7 Å². The quantitative estimate of drug-likeness (QED) is 0.0222. The normalized spacial score (nSPS) is 14.0. The summed E-state index contributed by atoms with van der Waals surface area (Å²) in [5.41, 5.74) is 0. The Morgan fingerprint density at radius 2 is 0.412 bits per heavy atom. The van der Waals surface area contributed by atoms with Crippen LogP contribution in [0.25, 0.3) is 0 Å². The van der Waals surface area contributed by atoms with Gasteiger partial charge in [-0.1, -0.05) is 376 Å². The maximum atomic E-state index is 13.1. The Morgan fingerprint density at radius 3 is 0.608 bits per heavy atom. The second-order valence-electron chi connectivity index (χ2n) is 31.8. The Hall–Kier alpha value is -1.94. The molecule has 5 atom stereocenters. The molecule has 3 N–H and O–H groups in total. The van der Waals surface area contributed by atoms with Crippen LogP contribution in [-0.2, 0) is 65.4 Å². The standard InChI is InChI=1S/C83H162O17P2/c1-73(2)59-51-43-35-28-22-17-13-11-9-10-12-14-19-25-31-39-47-55-63-80(85)93-69-78(99-83(88)66-58-50-41-33-27-21-24-30-37-45-53-61-75(5)6)71-97-101(89,90)95-67-77(84)68-96-102(91,92)98-72-79(70-94-81(86)64-56-48-42-34-38-46-54-62-76(7)8)100-82(87)65-57-49-40-32-26-20-16-15-18-23-29-36-44-52-60-74(3)4/h73-79,84H,9-72H2,1-8H3,(H,89,90)(H,91,92)/t77?,78-,79-/m1/s1. The van der Waals surface area contributed by atoms with Crippen LogP contribution < -0.4 is 0 Å². The fourth-order valence-electron chi connectivity index (χ4n) is 12.8. The maximum absolute atomic E-state index is 13.1. The highest BCUT2D eigenvalue weighted by Gasteiger charge is 2.30. The average Bonchev–Trinajstić information content (AvgIpc) is 0.914. The van der Waals surface area contributed by atoms with Crippen LogP contribution >= 0.6 is 15.6 Å². The molecule has 606 valence electrons. The van der Waals surface area contributed by atoms with Gasteiger partial charge in [0.15, 0.2) is 12.2 Å². The first-order valence-electron chi connectivity index (χ1n) is 42.7. The topological polar surface area (TPSA) is 237 Å². The lowest BCUT2D eigenvalue weighted by atomic mass is 10.0. The zero-order valence-corrected chi connectivity index (χ0v) is 69.0. The lowest BCUT2D eigenvalue weighted by Gasteiger charge is -2.21. The number of carbonyl (C=O) groups is 4. The van der Waals surface area contributed by atoms with Gasteiger partial charge in [0.05, 0.1) is 26.4 Å². The van der Waals surface area contributed by atoms with Crippen LogP contribution in [0, 0.1) is 23.7 Å². The number of phosphoric acid groups is 2. The molecule has 19 heteroatoms. The molecule has 0 aromatic carbocycles. The molecule has 0 rings (SSSR count). The first-order valence-corrected chi connectivity index (χ1v) is 45.7. The minimum absolute atomic E-state index is 0.106. The lowest BCUT2D eigenvalue weighted by Crippen LogP contribution is -2.30. The Balaban J connectivity index is 5.20. The molecule has 17 nitrogen and oxygen atoms in total. The highest BCUT2D eigenvalue weighted by molar-refractivity contribution is 7.47. The highest BCUT2D eigenvalue weighted by Crippen LogP contribution is 2.45. The molecule has 0 aliphatic heterocycles. The minimum Gasteiger partial charge on any atom is -0.462 e. The van der Waals surface area contributed by atoms with E-state index in [1.807, 2.05) is 0 Å². The molecule has 0 heterocycles. The number of aliphatic hydroxyl groups excluding tert-OH is 1. The summed E-state index contributed by atoms with van der Waals surface area (Å²) in [4.78, 5) is 73.1. The van der Waals surface area contributed by atoms with Crippen molar-refractivity contribution in [1.29, 1.82) is 0 Å². The van der Waals surface area contributed by atoms with Crippen LogP contribution in [0.15, 0.2) is 0 Å². The summed E-state index contributed by atoms with van der Waals surface area (Å²) in [6.45, 7) is 14.3. The number of rotatable bonds is 80. The predicted molar refractivity (Wildman–Crippen MR) is 418 cm³/mol. The van der Waals surface area contributed by atoms with Crippen LogP contribution in [0.2, 0.25) is 0 Å². The summed E-state index contributed by atoms with van der Waals surface area (Å²) in [5, 5.41) is 10.6. The summed E-state index contributed by atoms with van der Waals surface area (Å²) < 4.78 is 68.8. The molecule has 0 bridgehead atoms. The SMILES string of the molecule is CC(C)CCCCCCCCCCCCCCCCCCCCC(=O)OC[C@H](COP(=O)(O)OCC(O)COP(=O)(O)OC[C@@H](COC(=O)CCCCCCCCCC(C)C)OC(=O)CCCCCCCCCCCCCCCCC(C)C)OC(=O)CCCCCCCCCCCCCC(C)C. The molecule has 0 radical (unpaired) electrons. The number of unbranched alkanes of at least 4 members (excludes halogenated alkanes) is 46. The smallest absolute Gasteiger partial charge is 0.462 e. The van der Waals surface area contributed by atoms with E-state index in [9.17, 15) is 43.2 Å². The van der Waals surface area contributed by atoms with Crippen LogP contribution in [0.1, 0.15) is 428 Å². The fraction of sp³-hybridized carbons (Fsp3) is 0.952. The van der Waals surface area contributed by atoms with Gasteiger partial charge in [-0.2, -0.15) is 0 Å². The van der Waals surface area contributed by atoms with E-state index in [1.165, 1.54) is 225 Å². The van der Waals surface area contributed by atoms with E-state index in [0.29, 0.717) is 31.6 Å². The molecule has 0 aliphatic rings. The number of carbonyl (C=O) groups excluding carboxylic acids is 4. The van der Waals surface area contributed by atoms with Crippen molar-refractivity contribution >= 4 is 39.5 Å². The van der Waals surface area contributed by atoms with E-state index in [0.717, 1.165) is 114 Å². The molecule has 0 aromatic rings. The first-order chi connectivity index (χ1) is 49.1. The van der Waals surface area contributed by atoms with E-state index >= 15 is 0 Å². The second-order valence-corrected chi connectivity index (χ2v) is 34.7. The third-order valence-electron chi connectivity index (χ3n) is 19.3. The average molecular weight is 1490 g/mol. The second kappa shape index (κ2) is 72.0. The van der Waals surface area contributed by atoms with Gasteiger partial charge in [0.1, 0.15) is 19.3 Å². The van der Waals surface area contributed by atoms with E-state index in [-0.39, 0.29) is 25.7 Å². The number of hydrogen-bond donors (Lipinski definition) is 3. The van der Waals surface area contributed by atoms with E-state index in [2.05, 4.69) is 55.4 Å². The van der Waals surface area contributed by atoms with Crippen molar-refractivity contribution in [2.45, 2.75) is 446 Å². The summed E-state index contributed by atoms with van der Waals surface area (Å²) in [7, 11) is -9.92. The molecule has 3 unspecified atom stereocenters. The van der Waals surface area contributed by atoms with Gasteiger partial charge in [0, 0.05) is 25.7 Å². The van der Waals surface area contributed by atoms with Crippen molar-refractivity contribution < 1.29 is 80.2 Å². The first kappa shape index (κ1) is 100. The Bertz CT molecular complexity index is 1990. The van der Waals surface area contributed by atoms with E-state index < -0.39 is 97.5 Å². The number of phosphoric ester groups is 2. The van der Waals surface area contributed by atoms with Gasteiger partial charge in [0.25, 0.3) is 0 Å². The molecule has 0 saturated heterocycles. The van der Waals surface area contributed by atoms with Gasteiger partial charge in [-0.15, -0.1) is 0 Å². The molecule has 0 saturated carbocycles. The number of esters is 4. The lowest BCUT2D eigenvalue weighted by molar-refractivity contribution is -0.161. The Morgan fingerprint density at radius 1 is 0.245 bits per heavy atom. The molecular weight excluding hydrogens is 1330 g/mol. The molecule has 0 spiro atoms. The Kier molecular flexibility index (Phi) is 70.6. The maximum Gasteiger partial charge on any atom is 0.472 e. The number of aliphatic hydroxyl groups is 1. The minimum atomic E-state index is -4.96. The van der Waals surface area contributed by atoms with E-state index in [1.54, 1.807) is 0 Å². The predicted octanol–water partition coefficient (Wildman–Crippen LogP) is 24.8. The number of ether oxygens (including phenoxy) is 4. The van der Waals surface area contributed by atoms with Crippen molar-refractivity contribution in [3.05, 3.63) is 0 Å². The van der Waals surface area contributed by atoms with Gasteiger partial charge in [-0.3, -0.25) is 37.3 Å². The summed E-state index contributed by atoms with van der Waals surface area (Å²) in [5.74, 6) is 0.976. The molecule has 102 heavy (non-hydrogen) atoms. The monoisotopic (exact) mass is 1490 g/mol. The molecule has 0 amide bonds. The third kappa shape index (κ3) is 76.3. The van der Waals surface area contributed by atoms with Crippen molar-refractivity contribution in [2.24, 2.45) is 23.7 Å². The van der Waals surface area contributed by atoms with Crippen LogP contribution in [0.3, 0.4) is 0 Å².